The van der Waals surface area contributed by atoms with Crippen molar-refractivity contribution in [3.8, 4) is 17.2 Å². The van der Waals surface area contributed by atoms with Gasteiger partial charge >= 0.3 is 5.97 Å². The van der Waals surface area contributed by atoms with Crippen molar-refractivity contribution in [3.63, 3.8) is 0 Å². The predicted octanol–water partition coefficient (Wildman–Crippen LogP) is 4.69. The number of benzene rings is 2. The first-order valence-electron chi connectivity index (χ1n) is 20.6. The summed E-state index contributed by atoms with van der Waals surface area (Å²) in [5, 5.41) is 77.7. The normalized spacial score (nSPS) is 36.6. The van der Waals surface area contributed by atoms with Crippen LogP contribution in [0.2, 0.25) is 0 Å². The third-order valence-corrected chi connectivity index (χ3v) is 15.3. The average Bonchev–Trinajstić information content (AvgIpc) is 3.79. The lowest BCUT2D eigenvalue weighted by atomic mass is 9.43. The van der Waals surface area contributed by atoms with Crippen LogP contribution >= 0.6 is 0 Å². The van der Waals surface area contributed by atoms with Gasteiger partial charge in [0.25, 0.3) is 0 Å². The van der Waals surface area contributed by atoms with E-state index in [-0.39, 0.29) is 81.4 Å². The Kier molecular flexibility index (Phi) is 9.58. The molecule has 308 valence electrons. The number of carbonyl (C=O) groups excluding carboxylic acids is 1. The number of aromatic carboxylic acids is 1. The van der Waals surface area contributed by atoms with E-state index in [2.05, 4.69) is 6.08 Å². The molecule has 9 rings (SSSR count). The van der Waals surface area contributed by atoms with E-state index < -0.39 is 60.1 Å². The molecule has 7 aliphatic rings. The average molecular weight is 791 g/mol. The zero-order valence-electron chi connectivity index (χ0n) is 32.5. The van der Waals surface area contributed by atoms with Crippen LogP contribution in [0, 0.1) is 41.4 Å². The summed E-state index contributed by atoms with van der Waals surface area (Å²) < 4.78 is 25.8. The number of carboxylic acids is 1. The van der Waals surface area contributed by atoms with Crippen LogP contribution in [0.4, 0.5) is 0 Å². The first-order valence-corrected chi connectivity index (χ1v) is 20.6. The van der Waals surface area contributed by atoms with Gasteiger partial charge in [0.05, 0.1) is 36.3 Å². The Morgan fingerprint density at radius 3 is 2.51 bits per heavy atom. The standard InChI is InChI=1S/C44H54O13/c1-21-32(22(2)47)37(49)34-26(36(21)48)12-24(40(52)53)13-30(34)56-41-38(50)39(51)44(31(17-46)57-41)16-27-28-15-42(8-3-4-9-42)14-25-18-54-20-43(35(25)28,10-5-11-45)29-7-6-23(19-55-44)33(27)29/h7,12-13,25,27-28,31,35,38-39,41,45-46,48-51H,3-6,8-11,14-20H2,1-2H3,(H,52,53)/t25-,27-,28-,31-,35-,38-,39-,41+,43+,44+/m1/s1. The summed E-state index contributed by atoms with van der Waals surface area (Å²) >= 11 is 0. The van der Waals surface area contributed by atoms with E-state index in [4.69, 9.17) is 18.9 Å². The maximum atomic E-state index is 12.6. The lowest BCUT2D eigenvalue weighted by molar-refractivity contribution is -0.326. The minimum absolute atomic E-state index is 0.0499. The first-order chi connectivity index (χ1) is 27.3. The second kappa shape index (κ2) is 14.0. The number of aliphatic hydroxyl groups excluding tert-OH is 4. The fourth-order valence-corrected chi connectivity index (χ4v) is 13.2. The van der Waals surface area contributed by atoms with Crippen molar-refractivity contribution in [2.75, 3.05) is 33.0 Å². The quantitative estimate of drug-likeness (QED) is 0.143. The van der Waals surface area contributed by atoms with Gasteiger partial charge in [0.2, 0.25) is 6.29 Å². The molecule has 2 spiro atoms. The maximum Gasteiger partial charge on any atom is 0.335 e. The molecule has 3 heterocycles. The number of allylic oxidation sites excluding steroid dienone is 2. The monoisotopic (exact) mass is 790 g/mol. The van der Waals surface area contributed by atoms with Crippen molar-refractivity contribution < 1.29 is 64.3 Å². The number of ketones is 1. The van der Waals surface area contributed by atoms with Gasteiger partial charge in [-0.25, -0.2) is 4.79 Å². The van der Waals surface area contributed by atoms with Gasteiger partial charge in [0.1, 0.15) is 41.2 Å². The van der Waals surface area contributed by atoms with Crippen LogP contribution in [0.1, 0.15) is 97.4 Å². The first kappa shape index (κ1) is 38.9. The molecular weight excluding hydrogens is 736 g/mol. The summed E-state index contributed by atoms with van der Waals surface area (Å²) in [4.78, 5) is 24.8. The van der Waals surface area contributed by atoms with Crippen LogP contribution in [0.5, 0.6) is 17.2 Å². The van der Waals surface area contributed by atoms with Crippen molar-refractivity contribution in [3.05, 3.63) is 51.6 Å². The highest BCUT2D eigenvalue weighted by atomic mass is 16.7. The Morgan fingerprint density at radius 1 is 1.04 bits per heavy atom. The van der Waals surface area contributed by atoms with E-state index in [1.165, 1.54) is 50.7 Å². The Labute approximate surface area is 330 Å². The number of aromatic hydroxyl groups is 2. The Balaban J connectivity index is 1.10. The topological polar surface area (TPSA) is 213 Å². The van der Waals surface area contributed by atoms with E-state index in [1.807, 2.05) is 0 Å². The van der Waals surface area contributed by atoms with E-state index in [0.29, 0.717) is 32.0 Å². The molecule has 10 atom stereocenters. The van der Waals surface area contributed by atoms with Crippen molar-refractivity contribution in [2.24, 2.45) is 34.5 Å². The summed E-state index contributed by atoms with van der Waals surface area (Å²) in [6.07, 6.45) is 5.33. The number of hydrogen-bond acceptors (Lipinski definition) is 12. The van der Waals surface area contributed by atoms with E-state index >= 15 is 0 Å². The fourth-order valence-electron chi connectivity index (χ4n) is 13.2. The molecule has 2 aromatic rings. The van der Waals surface area contributed by atoms with Gasteiger partial charge in [0.15, 0.2) is 5.78 Å². The van der Waals surface area contributed by atoms with Gasteiger partial charge in [-0.15, -0.1) is 0 Å². The van der Waals surface area contributed by atoms with Crippen LogP contribution < -0.4 is 4.74 Å². The van der Waals surface area contributed by atoms with Crippen LogP contribution in [-0.2, 0) is 14.2 Å². The molecule has 57 heavy (non-hydrogen) atoms. The molecule has 5 fully saturated rings. The van der Waals surface area contributed by atoms with E-state index in [9.17, 15) is 45.3 Å². The molecule has 0 radical (unpaired) electrons. The lowest BCUT2D eigenvalue weighted by Crippen LogP contribution is -2.70. The lowest BCUT2D eigenvalue weighted by Gasteiger charge is -2.64. The number of Topliss-reactive ketones (excluding diaryl/α,β-unsaturated/α-hetero) is 1. The minimum Gasteiger partial charge on any atom is -0.507 e. The molecule has 3 saturated carbocycles. The van der Waals surface area contributed by atoms with Crippen molar-refractivity contribution in [1.29, 1.82) is 0 Å². The number of aliphatic hydroxyl groups is 4. The van der Waals surface area contributed by atoms with E-state index in [0.717, 1.165) is 37.0 Å². The molecule has 2 aromatic carbocycles. The number of ether oxygens (including phenoxy) is 4. The molecule has 4 aliphatic carbocycles. The smallest absolute Gasteiger partial charge is 0.335 e. The van der Waals surface area contributed by atoms with Gasteiger partial charge in [-0.05, 0) is 123 Å². The van der Waals surface area contributed by atoms with Gasteiger partial charge < -0.3 is 54.7 Å². The number of fused-ring (bicyclic) bond motifs is 3. The fraction of sp³-hybridized carbons (Fsp3) is 0.636. The number of carbonyl (C=O) groups is 2. The van der Waals surface area contributed by atoms with Crippen LogP contribution in [0.3, 0.4) is 0 Å². The zero-order valence-corrected chi connectivity index (χ0v) is 32.5. The summed E-state index contributed by atoms with van der Waals surface area (Å²) in [5.41, 5.74) is 1.56. The predicted molar refractivity (Wildman–Crippen MR) is 204 cm³/mol. The number of hydrogen-bond donors (Lipinski definition) is 7. The second-order valence-electron chi connectivity index (χ2n) is 18.1. The highest BCUT2D eigenvalue weighted by molar-refractivity contribution is 6.11. The molecule has 0 amide bonds. The molecule has 0 bridgehead atoms. The van der Waals surface area contributed by atoms with Crippen molar-refractivity contribution in [2.45, 2.75) is 108 Å². The maximum absolute atomic E-state index is 12.6. The van der Waals surface area contributed by atoms with Crippen LogP contribution in [0.25, 0.3) is 10.8 Å². The highest BCUT2D eigenvalue weighted by Crippen LogP contribution is 2.70. The number of phenols is 2. The van der Waals surface area contributed by atoms with Gasteiger partial charge in [-0.2, -0.15) is 0 Å². The summed E-state index contributed by atoms with van der Waals surface area (Å²) in [5.74, 6) is -2.45. The molecular formula is C44H54O13. The van der Waals surface area contributed by atoms with Gasteiger partial charge in [-0.3, -0.25) is 4.79 Å². The summed E-state index contributed by atoms with van der Waals surface area (Å²) in [7, 11) is 0. The molecule has 3 aliphatic heterocycles. The Bertz CT molecular complexity index is 2060. The number of rotatable bonds is 8. The van der Waals surface area contributed by atoms with E-state index in [1.54, 1.807) is 0 Å². The molecule has 13 heteroatoms. The van der Waals surface area contributed by atoms with Crippen LogP contribution in [0.15, 0.2) is 34.9 Å². The molecule has 2 saturated heterocycles. The summed E-state index contributed by atoms with van der Waals surface area (Å²) in [6, 6.07) is 2.24. The largest absolute Gasteiger partial charge is 0.507 e. The van der Waals surface area contributed by atoms with Crippen molar-refractivity contribution >= 4 is 22.5 Å². The van der Waals surface area contributed by atoms with Crippen molar-refractivity contribution in [1.82, 2.24) is 0 Å². The SMILES string of the molecule is CC(=O)c1c(C)c(O)c2cc(C(=O)O)cc(O[C@H]3O[C@H](CO)[C@@]4(C[C@H]5C6=C(CC=C6[C@]6(CCCO)COC[C@H]7CC8(CCCC8)C[C@H]5[C@@H]76)CO4)[C@H](O)[C@H]3O)c2c1O. The van der Waals surface area contributed by atoms with Crippen LogP contribution in [-0.4, -0.2) is 111 Å². The summed E-state index contributed by atoms with van der Waals surface area (Å²) in [6.45, 7) is 3.58. The van der Waals surface area contributed by atoms with Gasteiger partial charge in [-0.1, -0.05) is 18.9 Å². The second-order valence-corrected chi connectivity index (χ2v) is 18.1. The third kappa shape index (κ3) is 5.67. The van der Waals surface area contributed by atoms with Gasteiger partial charge in [0, 0.05) is 29.6 Å². The molecule has 0 aromatic heterocycles. The minimum atomic E-state index is -1.77. The third-order valence-electron chi connectivity index (χ3n) is 15.3. The highest BCUT2D eigenvalue weighted by Gasteiger charge is 2.67. The molecule has 7 N–H and O–H groups in total. The Hall–Kier alpha value is -3.56. The number of carboxylic acid groups (broad SMARTS) is 1. The molecule has 0 unspecified atom stereocenters. The molecule has 13 nitrogen and oxygen atoms in total. The number of phenolic OH excluding ortho intramolecular Hbond substituents is 2. The Morgan fingerprint density at radius 2 is 1.81 bits per heavy atom. The zero-order chi connectivity index (χ0) is 40.2.